The number of ether oxygens (including phenoxy) is 1. The smallest absolute Gasteiger partial charge is 0.161 e. The summed E-state index contributed by atoms with van der Waals surface area (Å²) in [5.41, 5.74) is 5.73. The number of rotatable bonds is 4. The van der Waals surface area contributed by atoms with Crippen LogP contribution in [0.3, 0.4) is 0 Å². The predicted octanol–water partition coefficient (Wildman–Crippen LogP) is 3.35. The number of nitrogens with two attached hydrogens (primary N) is 1. The second kappa shape index (κ2) is 5.67. The molecule has 6 heteroatoms. The Bertz CT molecular complexity index is 784. The molecule has 0 saturated carbocycles. The van der Waals surface area contributed by atoms with E-state index in [0.717, 1.165) is 32.0 Å². The molecule has 0 bridgehead atoms. The van der Waals surface area contributed by atoms with Crippen LogP contribution in [0.15, 0.2) is 30.6 Å². The van der Waals surface area contributed by atoms with Gasteiger partial charge in [0.1, 0.15) is 12.1 Å². The van der Waals surface area contributed by atoms with Crippen LogP contribution in [0.25, 0.3) is 20.7 Å². The topological polar surface area (TPSA) is 73.1 Å². The van der Waals surface area contributed by atoms with E-state index in [-0.39, 0.29) is 0 Å². The van der Waals surface area contributed by atoms with Crippen molar-refractivity contribution in [1.82, 2.24) is 9.97 Å². The van der Waals surface area contributed by atoms with Crippen LogP contribution in [0.2, 0.25) is 0 Å². The summed E-state index contributed by atoms with van der Waals surface area (Å²) in [5.74, 6) is 7.06. The molecule has 3 N–H and O–H groups in total. The van der Waals surface area contributed by atoms with E-state index in [1.165, 1.54) is 6.33 Å². The van der Waals surface area contributed by atoms with Crippen LogP contribution in [-0.2, 0) is 0 Å². The summed E-state index contributed by atoms with van der Waals surface area (Å²) in [5, 5.41) is 0. The minimum absolute atomic E-state index is 0.635. The SMILES string of the molecule is CCOc1ccccc1-c1sc2c(NN)ncnc2c1C. The molecule has 0 aliphatic rings. The van der Waals surface area contributed by atoms with E-state index >= 15 is 0 Å². The first kappa shape index (κ1) is 13.8. The average Bonchev–Trinajstić information content (AvgIpc) is 2.85. The Hall–Kier alpha value is -2.18. The van der Waals surface area contributed by atoms with Gasteiger partial charge < -0.3 is 10.2 Å². The molecule has 0 aliphatic carbocycles. The van der Waals surface area contributed by atoms with Gasteiger partial charge in [-0.1, -0.05) is 12.1 Å². The van der Waals surface area contributed by atoms with Gasteiger partial charge in [-0.05, 0) is 31.5 Å². The lowest BCUT2D eigenvalue weighted by atomic mass is 10.1. The maximum absolute atomic E-state index is 5.73. The number of hydrazine groups is 1. The van der Waals surface area contributed by atoms with E-state index < -0.39 is 0 Å². The van der Waals surface area contributed by atoms with Crippen molar-refractivity contribution in [2.45, 2.75) is 13.8 Å². The van der Waals surface area contributed by atoms with Gasteiger partial charge in [0.05, 0.1) is 16.8 Å². The molecule has 0 spiro atoms. The fourth-order valence-electron chi connectivity index (χ4n) is 2.32. The van der Waals surface area contributed by atoms with Crippen LogP contribution < -0.4 is 16.0 Å². The number of anilines is 1. The molecule has 2 aromatic heterocycles. The van der Waals surface area contributed by atoms with Crippen LogP contribution in [-0.4, -0.2) is 16.6 Å². The maximum atomic E-state index is 5.73. The number of nitrogens with zero attached hydrogens (tertiary/aromatic N) is 2. The Morgan fingerprint density at radius 1 is 1.29 bits per heavy atom. The van der Waals surface area contributed by atoms with E-state index in [4.69, 9.17) is 10.6 Å². The van der Waals surface area contributed by atoms with E-state index in [0.29, 0.717) is 12.4 Å². The highest BCUT2D eigenvalue weighted by Crippen LogP contribution is 2.42. The second-order valence-corrected chi connectivity index (χ2v) is 5.55. The van der Waals surface area contributed by atoms with Gasteiger partial charge in [0.2, 0.25) is 0 Å². The fourth-order valence-corrected chi connectivity index (χ4v) is 3.56. The third-order valence-electron chi connectivity index (χ3n) is 3.27. The van der Waals surface area contributed by atoms with Crippen molar-refractivity contribution in [2.24, 2.45) is 5.84 Å². The van der Waals surface area contributed by atoms with Gasteiger partial charge in [-0.25, -0.2) is 15.8 Å². The molecule has 0 unspecified atom stereocenters. The number of nitrogens with one attached hydrogen (secondary N) is 1. The first-order valence-corrected chi connectivity index (χ1v) is 7.50. The average molecular weight is 300 g/mol. The summed E-state index contributed by atoms with van der Waals surface area (Å²) in [6, 6.07) is 8.03. The largest absolute Gasteiger partial charge is 0.493 e. The third kappa shape index (κ3) is 2.32. The zero-order valence-corrected chi connectivity index (χ0v) is 12.7. The number of nitrogen functional groups attached to an aromatic ring is 1. The van der Waals surface area contributed by atoms with Crippen LogP contribution in [0, 0.1) is 6.92 Å². The fraction of sp³-hybridized carbons (Fsp3) is 0.200. The standard InChI is InChI=1S/C15H16N4OS/c1-3-20-11-7-5-4-6-10(11)13-9(2)12-14(21-13)15(19-16)18-8-17-12/h4-8H,3,16H2,1-2H3,(H,17,18,19). The molecule has 108 valence electrons. The van der Waals surface area contributed by atoms with Crippen molar-refractivity contribution < 1.29 is 4.74 Å². The Balaban J connectivity index is 2.24. The van der Waals surface area contributed by atoms with E-state index in [1.807, 2.05) is 25.1 Å². The number of thiophene rings is 1. The molecule has 3 rings (SSSR count). The van der Waals surface area contributed by atoms with Gasteiger partial charge in [0, 0.05) is 10.4 Å². The minimum Gasteiger partial charge on any atom is -0.493 e. The maximum Gasteiger partial charge on any atom is 0.161 e. The molecule has 1 aromatic carbocycles. The van der Waals surface area contributed by atoms with Gasteiger partial charge in [-0.3, -0.25) is 0 Å². The Morgan fingerprint density at radius 3 is 2.86 bits per heavy atom. The van der Waals surface area contributed by atoms with Gasteiger partial charge in [-0.2, -0.15) is 0 Å². The molecule has 0 saturated heterocycles. The van der Waals surface area contributed by atoms with Crippen molar-refractivity contribution in [3.8, 4) is 16.2 Å². The number of aryl methyl sites for hydroxylation is 1. The molecule has 0 amide bonds. The molecule has 0 fully saturated rings. The number of para-hydroxylation sites is 1. The van der Waals surface area contributed by atoms with Crippen LogP contribution >= 0.6 is 11.3 Å². The van der Waals surface area contributed by atoms with Gasteiger partial charge in [0.25, 0.3) is 0 Å². The van der Waals surface area contributed by atoms with Crippen molar-refractivity contribution in [1.29, 1.82) is 0 Å². The quantitative estimate of drug-likeness (QED) is 0.571. The molecule has 2 heterocycles. The Morgan fingerprint density at radius 2 is 2.10 bits per heavy atom. The van der Waals surface area contributed by atoms with Crippen LogP contribution in [0.1, 0.15) is 12.5 Å². The molecule has 0 atom stereocenters. The number of aromatic nitrogens is 2. The Kier molecular flexibility index (Phi) is 3.72. The molecule has 21 heavy (non-hydrogen) atoms. The van der Waals surface area contributed by atoms with Crippen LogP contribution in [0.5, 0.6) is 5.75 Å². The van der Waals surface area contributed by atoms with Gasteiger partial charge >= 0.3 is 0 Å². The summed E-state index contributed by atoms with van der Waals surface area (Å²) in [6.07, 6.45) is 1.52. The summed E-state index contributed by atoms with van der Waals surface area (Å²) in [6.45, 7) is 4.68. The molecule has 0 radical (unpaired) electrons. The number of benzene rings is 1. The van der Waals surface area contributed by atoms with Crippen molar-refractivity contribution in [3.63, 3.8) is 0 Å². The van der Waals surface area contributed by atoms with Crippen molar-refractivity contribution in [2.75, 3.05) is 12.0 Å². The van der Waals surface area contributed by atoms with E-state index in [1.54, 1.807) is 11.3 Å². The zero-order chi connectivity index (χ0) is 14.8. The summed E-state index contributed by atoms with van der Waals surface area (Å²) in [7, 11) is 0. The van der Waals surface area contributed by atoms with Crippen LogP contribution in [0.4, 0.5) is 5.82 Å². The van der Waals surface area contributed by atoms with Gasteiger partial charge in [0.15, 0.2) is 5.82 Å². The molecular formula is C15H16N4OS. The number of hydrogen-bond donors (Lipinski definition) is 2. The lowest BCUT2D eigenvalue weighted by Gasteiger charge is -2.09. The highest BCUT2D eigenvalue weighted by Gasteiger charge is 2.17. The highest BCUT2D eigenvalue weighted by atomic mass is 32.1. The van der Waals surface area contributed by atoms with Crippen molar-refractivity contribution >= 4 is 27.4 Å². The van der Waals surface area contributed by atoms with E-state index in [9.17, 15) is 0 Å². The first-order chi connectivity index (χ1) is 10.3. The molecular weight excluding hydrogens is 284 g/mol. The number of fused-ring (bicyclic) bond motifs is 1. The Labute approximate surface area is 126 Å². The summed E-state index contributed by atoms with van der Waals surface area (Å²) >= 11 is 1.62. The molecule has 5 nitrogen and oxygen atoms in total. The third-order valence-corrected chi connectivity index (χ3v) is 4.59. The second-order valence-electron chi connectivity index (χ2n) is 4.53. The monoisotopic (exact) mass is 300 g/mol. The lowest BCUT2D eigenvalue weighted by molar-refractivity contribution is 0.341. The minimum atomic E-state index is 0.635. The number of hydrogen-bond acceptors (Lipinski definition) is 6. The lowest BCUT2D eigenvalue weighted by Crippen LogP contribution is -2.08. The summed E-state index contributed by atoms with van der Waals surface area (Å²) < 4.78 is 6.69. The van der Waals surface area contributed by atoms with Gasteiger partial charge in [-0.15, -0.1) is 11.3 Å². The molecule has 0 aliphatic heterocycles. The summed E-state index contributed by atoms with van der Waals surface area (Å²) in [4.78, 5) is 9.67. The first-order valence-electron chi connectivity index (χ1n) is 6.69. The zero-order valence-electron chi connectivity index (χ0n) is 11.9. The van der Waals surface area contributed by atoms with E-state index in [2.05, 4.69) is 28.4 Å². The van der Waals surface area contributed by atoms with Crippen molar-refractivity contribution in [3.05, 3.63) is 36.2 Å². The predicted molar refractivity (Wildman–Crippen MR) is 86.6 cm³/mol. The highest BCUT2D eigenvalue weighted by molar-refractivity contribution is 7.23. The normalized spacial score (nSPS) is 10.8. The molecule has 3 aromatic rings.